The van der Waals surface area contributed by atoms with E-state index in [0.29, 0.717) is 5.56 Å². The van der Waals surface area contributed by atoms with Gasteiger partial charge in [0.2, 0.25) is 0 Å². The molecule has 0 amide bonds. The van der Waals surface area contributed by atoms with E-state index in [9.17, 15) is 9.90 Å². The maximum absolute atomic E-state index is 12.9. The van der Waals surface area contributed by atoms with Gasteiger partial charge in [-0.3, -0.25) is 0 Å². The van der Waals surface area contributed by atoms with Gasteiger partial charge in [-0.1, -0.05) is 78.5 Å². The van der Waals surface area contributed by atoms with E-state index in [1.165, 1.54) is 11.8 Å². The van der Waals surface area contributed by atoms with Crippen LogP contribution in [0.25, 0.3) is 0 Å². The molecule has 2 aliphatic heterocycles. The van der Waals surface area contributed by atoms with Gasteiger partial charge >= 0.3 is 5.97 Å². The molecule has 170 valence electrons. The van der Waals surface area contributed by atoms with Gasteiger partial charge in [0, 0.05) is 10.5 Å². The van der Waals surface area contributed by atoms with Crippen molar-refractivity contribution in [1.82, 2.24) is 0 Å². The second-order valence-corrected chi connectivity index (χ2v) is 9.05. The van der Waals surface area contributed by atoms with E-state index in [-0.39, 0.29) is 6.61 Å². The SMILES string of the molecule is O=C(OC1[C@H]2OC(c3ccccc3)OCC2O[C@H](Sc2ccccc2)[C@H]1O)c1ccccc1. The van der Waals surface area contributed by atoms with Crippen LogP contribution in [-0.2, 0) is 18.9 Å². The average Bonchev–Trinajstić information content (AvgIpc) is 2.88. The Hall–Kier alpha value is -2.68. The molecule has 0 aliphatic carbocycles. The summed E-state index contributed by atoms with van der Waals surface area (Å²) in [6.07, 6.45) is -3.84. The van der Waals surface area contributed by atoms with Crippen LogP contribution in [0.15, 0.2) is 95.9 Å². The highest BCUT2D eigenvalue weighted by Crippen LogP contribution is 2.40. The van der Waals surface area contributed by atoms with Gasteiger partial charge in [0.1, 0.15) is 23.7 Å². The van der Waals surface area contributed by atoms with Crippen molar-refractivity contribution in [3.8, 4) is 0 Å². The van der Waals surface area contributed by atoms with Gasteiger partial charge in [0.05, 0.1) is 12.2 Å². The lowest BCUT2D eigenvalue weighted by Gasteiger charge is -2.47. The smallest absolute Gasteiger partial charge is 0.338 e. The van der Waals surface area contributed by atoms with Crippen molar-refractivity contribution in [3.05, 3.63) is 102 Å². The van der Waals surface area contributed by atoms with Crippen LogP contribution in [0.1, 0.15) is 22.2 Å². The van der Waals surface area contributed by atoms with E-state index in [1.54, 1.807) is 24.3 Å². The number of hydrogen-bond acceptors (Lipinski definition) is 7. The van der Waals surface area contributed by atoms with Crippen molar-refractivity contribution in [2.24, 2.45) is 0 Å². The highest BCUT2D eigenvalue weighted by Gasteiger charge is 2.51. The zero-order valence-corrected chi connectivity index (χ0v) is 18.5. The molecule has 2 aliphatic rings. The first kappa shape index (κ1) is 22.1. The third-order valence-corrected chi connectivity index (χ3v) is 6.79. The summed E-state index contributed by atoms with van der Waals surface area (Å²) in [5.74, 6) is -0.518. The molecule has 3 aromatic carbocycles. The van der Waals surface area contributed by atoms with Gasteiger partial charge in [0.15, 0.2) is 12.4 Å². The minimum atomic E-state index is -1.10. The van der Waals surface area contributed by atoms with Crippen LogP contribution < -0.4 is 0 Å². The van der Waals surface area contributed by atoms with Gasteiger partial charge in [0.25, 0.3) is 0 Å². The van der Waals surface area contributed by atoms with E-state index in [1.807, 2.05) is 66.7 Å². The van der Waals surface area contributed by atoms with E-state index in [4.69, 9.17) is 18.9 Å². The number of benzene rings is 3. The molecular formula is C26H24O6S. The molecule has 0 aromatic heterocycles. The third-order valence-electron chi connectivity index (χ3n) is 5.63. The van der Waals surface area contributed by atoms with Crippen LogP contribution in [0, 0.1) is 0 Å². The normalized spacial score (nSPS) is 29.1. The number of carbonyl (C=O) groups excluding carboxylic acids is 1. The molecule has 0 radical (unpaired) electrons. The first-order chi connectivity index (χ1) is 16.2. The number of aliphatic hydroxyl groups excluding tert-OH is 1. The lowest BCUT2D eigenvalue weighted by molar-refractivity contribution is -0.317. The topological polar surface area (TPSA) is 74.2 Å². The number of aliphatic hydroxyl groups is 1. The highest BCUT2D eigenvalue weighted by molar-refractivity contribution is 7.99. The number of carbonyl (C=O) groups is 1. The van der Waals surface area contributed by atoms with Crippen LogP contribution >= 0.6 is 11.8 Å². The number of ether oxygens (including phenoxy) is 4. The molecule has 2 fully saturated rings. The number of esters is 1. The molecular weight excluding hydrogens is 440 g/mol. The van der Waals surface area contributed by atoms with Crippen molar-refractivity contribution < 1.29 is 28.8 Å². The van der Waals surface area contributed by atoms with Gasteiger partial charge in [-0.25, -0.2) is 4.79 Å². The summed E-state index contributed by atoms with van der Waals surface area (Å²) in [5.41, 5.74) is 0.605. The molecule has 33 heavy (non-hydrogen) atoms. The molecule has 2 saturated heterocycles. The lowest BCUT2D eigenvalue weighted by atomic mass is 9.98. The molecule has 2 heterocycles. The maximum Gasteiger partial charge on any atom is 0.338 e. The Bertz CT molecular complexity index is 1050. The molecule has 0 spiro atoms. The van der Waals surface area contributed by atoms with Crippen LogP contribution in [0.5, 0.6) is 0 Å². The van der Waals surface area contributed by atoms with Gasteiger partial charge in [-0.15, -0.1) is 0 Å². The van der Waals surface area contributed by atoms with Crippen molar-refractivity contribution in [1.29, 1.82) is 0 Å². The molecule has 1 N–H and O–H groups in total. The summed E-state index contributed by atoms with van der Waals surface area (Å²) in [4.78, 5) is 13.8. The Balaban J connectivity index is 1.40. The van der Waals surface area contributed by atoms with Crippen LogP contribution in [0.2, 0.25) is 0 Å². The number of hydrogen-bond donors (Lipinski definition) is 1. The van der Waals surface area contributed by atoms with Crippen molar-refractivity contribution >= 4 is 17.7 Å². The first-order valence-corrected chi connectivity index (χ1v) is 11.7. The van der Waals surface area contributed by atoms with E-state index < -0.39 is 42.1 Å². The molecule has 3 unspecified atom stereocenters. The maximum atomic E-state index is 12.9. The van der Waals surface area contributed by atoms with Crippen molar-refractivity contribution in [2.75, 3.05) is 6.61 Å². The quantitative estimate of drug-likeness (QED) is 0.567. The van der Waals surface area contributed by atoms with Crippen LogP contribution in [0.4, 0.5) is 0 Å². The standard InChI is InChI=1S/C26H24O6S/c27-21-23(31-24(28)17-10-4-1-5-11-17)22-20(30-26(21)33-19-14-8-3-9-15-19)16-29-25(32-22)18-12-6-2-7-13-18/h1-15,20-23,25-27H,16H2/t20?,21-,22-,23?,25?,26+/m0/s1. The van der Waals surface area contributed by atoms with Crippen LogP contribution in [-0.4, -0.2) is 47.5 Å². The average molecular weight is 465 g/mol. The minimum Gasteiger partial charge on any atom is -0.453 e. The molecule has 3 aromatic rings. The summed E-state index contributed by atoms with van der Waals surface area (Å²) in [6.45, 7) is 0.252. The zero-order valence-electron chi connectivity index (χ0n) is 17.7. The first-order valence-electron chi connectivity index (χ1n) is 10.8. The molecule has 6 atom stereocenters. The minimum absolute atomic E-state index is 0.252. The molecule has 0 bridgehead atoms. The van der Waals surface area contributed by atoms with Crippen molar-refractivity contribution in [2.45, 2.75) is 41.0 Å². The fourth-order valence-electron chi connectivity index (χ4n) is 3.97. The second-order valence-electron chi connectivity index (χ2n) is 7.88. The Morgan fingerprint density at radius 3 is 2.21 bits per heavy atom. The predicted octanol–water partition coefficient (Wildman–Crippen LogP) is 4.20. The molecule has 6 nitrogen and oxygen atoms in total. The van der Waals surface area contributed by atoms with Gasteiger partial charge in [-0.2, -0.15) is 0 Å². The van der Waals surface area contributed by atoms with Crippen molar-refractivity contribution in [3.63, 3.8) is 0 Å². The summed E-state index contributed by atoms with van der Waals surface area (Å²) in [5, 5.41) is 11.2. The van der Waals surface area contributed by atoms with E-state index >= 15 is 0 Å². The second kappa shape index (κ2) is 10.1. The van der Waals surface area contributed by atoms with Gasteiger partial charge in [-0.05, 0) is 24.3 Å². The Labute approximate surface area is 196 Å². The fraction of sp³-hybridized carbons (Fsp3) is 0.269. The molecule has 7 heteroatoms. The number of fused-ring (bicyclic) bond motifs is 1. The summed E-state index contributed by atoms with van der Waals surface area (Å²) >= 11 is 1.38. The molecule has 0 saturated carbocycles. The Morgan fingerprint density at radius 1 is 0.879 bits per heavy atom. The number of rotatable bonds is 5. The highest BCUT2D eigenvalue weighted by atomic mass is 32.2. The van der Waals surface area contributed by atoms with E-state index in [0.717, 1.165) is 10.5 Å². The third kappa shape index (κ3) is 4.98. The predicted molar refractivity (Wildman–Crippen MR) is 123 cm³/mol. The number of thioether (sulfide) groups is 1. The fourth-order valence-corrected chi connectivity index (χ4v) is 5.05. The summed E-state index contributed by atoms with van der Waals surface area (Å²) < 4.78 is 24.2. The zero-order chi connectivity index (χ0) is 22.6. The van der Waals surface area contributed by atoms with Gasteiger partial charge < -0.3 is 24.1 Å². The molecule has 5 rings (SSSR count). The largest absolute Gasteiger partial charge is 0.453 e. The van der Waals surface area contributed by atoms with Crippen LogP contribution in [0.3, 0.4) is 0 Å². The lowest BCUT2D eigenvalue weighted by Crippen LogP contribution is -2.62. The summed E-state index contributed by atoms with van der Waals surface area (Å²) in [7, 11) is 0. The van der Waals surface area contributed by atoms with E-state index in [2.05, 4.69) is 0 Å². The monoisotopic (exact) mass is 464 g/mol. The summed E-state index contributed by atoms with van der Waals surface area (Å²) in [6, 6.07) is 27.9. The Kier molecular flexibility index (Phi) is 6.75. The Morgan fingerprint density at radius 2 is 1.52 bits per heavy atom.